The molecule has 0 heterocycles. The molecular weight excluding hydrogens is 336 g/mol. The van der Waals surface area contributed by atoms with Crippen molar-refractivity contribution in [2.45, 2.75) is 27.0 Å². The minimum absolute atomic E-state index is 0.0320. The zero-order valence-corrected chi connectivity index (χ0v) is 15.1. The summed E-state index contributed by atoms with van der Waals surface area (Å²) in [5.74, 6) is 2.03. The first kappa shape index (κ1) is 20.3. The molecular formula is C16H25F2N3O2S. The van der Waals surface area contributed by atoms with Gasteiger partial charge in [-0.15, -0.1) is 0 Å². The van der Waals surface area contributed by atoms with Gasteiger partial charge >= 0.3 is 6.61 Å². The summed E-state index contributed by atoms with van der Waals surface area (Å²) < 4.78 is 34.7. The van der Waals surface area contributed by atoms with E-state index in [1.165, 1.54) is 6.07 Å². The van der Waals surface area contributed by atoms with Gasteiger partial charge in [-0.3, -0.25) is 0 Å². The molecule has 0 aromatic heterocycles. The van der Waals surface area contributed by atoms with Crippen LogP contribution in [0.5, 0.6) is 11.5 Å². The molecule has 0 spiro atoms. The number of nitrogens with one attached hydrogen (secondary N) is 2. The highest BCUT2D eigenvalue weighted by atomic mass is 32.2. The van der Waals surface area contributed by atoms with Gasteiger partial charge in [0, 0.05) is 18.8 Å². The molecule has 0 saturated carbocycles. The number of halogens is 2. The van der Waals surface area contributed by atoms with E-state index in [0.717, 1.165) is 30.4 Å². The molecule has 0 aliphatic heterocycles. The van der Waals surface area contributed by atoms with E-state index in [4.69, 9.17) is 4.74 Å². The third-order valence-electron chi connectivity index (χ3n) is 2.89. The molecule has 0 aliphatic carbocycles. The number of thioether (sulfide) groups is 1. The average Bonchev–Trinajstić information content (AvgIpc) is 2.54. The van der Waals surface area contributed by atoms with Crippen molar-refractivity contribution >= 4 is 17.7 Å². The molecule has 8 heteroatoms. The molecule has 2 N–H and O–H groups in total. The Morgan fingerprint density at radius 1 is 1.25 bits per heavy atom. The smallest absolute Gasteiger partial charge is 0.387 e. The van der Waals surface area contributed by atoms with Crippen LogP contribution in [0, 0.1) is 0 Å². The molecule has 0 unspecified atom stereocenters. The monoisotopic (exact) mass is 361 g/mol. The van der Waals surface area contributed by atoms with Crippen molar-refractivity contribution < 1.29 is 18.3 Å². The first-order valence-corrected chi connectivity index (χ1v) is 9.21. The Balaban J connectivity index is 2.80. The fourth-order valence-electron chi connectivity index (χ4n) is 1.90. The molecule has 1 aromatic rings. The minimum atomic E-state index is -2.88. The molecule has 5 nitrogen and oxygen atoms in total. The number of hydrogen-bond acceptors (Lipinski definition) is 4. The predicted octanol–water partition coefficient (Wildman–Crippen LogP) is 3.10. The molecule has 24 heavy (non-hydrogen) atoms. The third kappa shape index (κ3) is 7.72. The Hall–Kier alpha value is -1.70. The van der Waals surface area contributed by atoms with Crippen LogP contribution >= 0.6 is 11.8 Å². The largest absolute Gasteiger partial charge is 0.490 e. The Morgan fingerprint density at radius 2 is 2.04 bits per heavy atom. The molecule has 1 rings (SSSR count). The Morgan fingerprint density at radius 3 is 2.67 bits per heavy atom. The van der Waals surface area contributed by atoms with Gasteiger partial charge in [-0.25, -0.2) is 4.99 Å². The first-order valence-electron chi connectivity index (χ1n) is 7.82. The normalized spacial score (nSPS) is 11.5. The summed E-state index contributed by atoms with van der Waals surface area (Å²) >= 11 is 1.75. The van der Waals surface area contributed by atoms with Gasteiger partial charge in [0.1, 0.15) is 0 Å². The van der Waals surface area contributed by atoms with Gasteiger partial charge in [0.25, 0.3) is 0 Å². The fourth-order valence-corrected chi connectivity index (χ4v) is 2.20. The highest BCUT2D eigenvalue weighted by Crippen LogP contribution is 2.30. The van der Waals surface area contributed by atoms with Crippen LogP contribution in [0.25, 0.3) is 0 Å². The van der Waals surface area contributed by atoms with E-state index in [9.17, 15) is 8.78 Å². The van der Waals surface area contributed by atoms with Gasteiger partial charge in [-0.05, 0) is 37.8 Å². The highest BCUT2D eigenvalue weighted by Gasteiger charge is 2.11. The quantitative estimate of drug-likeness (QED) is 0.381. The molecule has 0 bridgehead atoms. The van der Waals surface area contributed by atoms with Crippen molar-refractivity contribution in [1.29, 1.82) is 0 Å². The summed E-state index contributed by atoms with van der Waals surface area (Å²) in [5.41, 5.74) is 0.849. The molecule has 1 aromatic carbocycles. The second-order valence-corrected chi connectivity index (χ2v) is 5.69. The second kappa shape index (κ2) is 11.8. The van der Waals surface area contributed by atoms with Crippen molar-refractivity contribution in [3.05, 3.63) is 23.8 Å². The summed E-state index contributed by atoms with van der Waals surface area (Å²) in [6.45, 7) is 3.25. The number of alkyl halides is 2. The van der Waals surface area contributed by atoms with Crippen LogP contribution in [0.4, 0.5) is 8.78 Å². The lowest BCUT2D eigenvalue weighted by Crippen LogP contribution is -2.38. The summed E-state index contributed by atoms with van der Waals surface area (Å²) in [6, 6.07) is 4.86. The summed E-state index contributed by atoms with van der Waals surface area (Å²) in [7, 11) is 0. The maximum atomic E-state index is 12.4. The van der Waals surface area contributed by atoms with Crippen LogP contribution in [0.3, 0.4) is 0 Å². The van der Waals surface area contributed by atoms with E-state index in [-0.39, 0.29) is 5.75 Å². The summed E-state index contributed by atoms with van der Waals surface area (Å²) in [5, 5.41) is 6.40. The van der Waals surface area contributed by atoms with Crippen molar-refractivity contribution in [3.63, 3.8) is 0 Å². The van der Waals surface area contributed by atoms with Crippen LogP contribution in [0.15, 0.2) is 23.2 Å². The maximum absolute atomic E-state index is 12.4. The van der Waals surface area contributed by atoms with Gasteiger partial charge in [0.15, 0.2) is 17.5 Å². The van der Waals surface area contributed by atoms with Crippen molar-refractivity contribution in [1.82, 2.24) is 10.6 Å². The van der Waals surface area contributed by atoms with Crippen molar-refractivity contribution in [2.24, 2.45) is 4.99 Å². The Bertz CT molecular complexity index is 516. The lowest BCUT2D eigenvalue weighted by Gasteiger charge is -2.13. The standard InChI is InChI=1S/C16H25F2N3O2S/c1-4-19-16(20-8-9-24-3)21-11-12-6-7-13(23-15(17)18)14(10-12)22-5-2/h6-7,10,15H,4-5,8-9,11H2,1-3H3,(H2,19,20,21). The van der Waals surface area contributed by atoms with Crippen molar-refractivity contribution in [2.75, 3.05) is 31.7 Å². The van der Waals surface area contributed by atoms with Gasteiger partial charge in [-0.1, -0.05) is 6.07 Å². The van der Waals surface area contributed by atoms with Crippen LogP contribution in [0.1, 0.15) is 19.4 Å². The highest BCUT2D eigenvalue weighted by molar-refractivity contribution is 7.98. The van der Waals surface area contributed by atoms with Crippen molar-refractivity contribution in [3.8, 4) is 11.5 Å². The maximum Gasteiger partial charge on any atom is 0.387 e. The SMILES string of the molecule is CCNC(=NCc1ccc(OC(F)F)c(OCC)c1)NCCSC. The zero-order chi connectivity index (χ0) is 17.8. The molecule has 0 saturated heterocycles. The number of hydrogen-bond donors (Lipinski definition) is 2. The Labute approximate surface area is 146 Å². The molecule has 0 fully saturated rings. The Kier molecular flexibility index (Phi) is 9.98. The van der Waals surface area contributed by atoms with E-state index >= 15 is 0 Å². The zero-order valence-electron chi connectivity index (χ0n) is 14.3. The summed E-state index contributed by atoms with van der Waals surface area (Å²) in [4.78, 5) is 4.49. The van der Waals surface area contributed by atoms with E-state index in [1.807, 2.05) is 13.2 Å². The topological polar surface area (TPSA) is 54.9 Å². The van der Waals surface area contributed by atoms with E-state index < -0.39 is 6.61 Å². The van der Waals surface area contributed by atoms with E-state index in [1.54, 1.807) is 30.8 Å². The molecule has 0 amide bonds. The van der Waals surface area contributed by atoms with Gasteiger partial charge in [0.05, 0.1) is 13.2 Å². The van der Waals surface area contributed by atoms with E-state index in [0.29, 0.717) is 18.9 Å². The molecule has 0 radical (unpaired) electrons. The number of ether oxygens (including phenoxy) is 2. The first-order chi connectivity index (χ1) is 11.6. The minimum Gasteiger partial charge on any atom is -0.490 e. The van der Waals surface area contributed by atoms with Crippen LogP contribution in [-0.4, -0.2) is 44.3 Å². The van der Waals surface area contributed by atoms with Crippen LogP contribution < -0.4 is 20.1 Å². The molecule has 0 atom stereocenters. The third-order valence-corrected chi connectivity index (χ3v) is 3.50. The second-order valence-electron chi connectivity index (χ2n) is 4.71. The number of guanidine groups is 1. The lowest BCUT2D eigenvalue weighted by atomic mass is 10.2. The molecule has 0 aliphatic rings. The van der Waals surface area contributed by atoms with Gasteiger partial charge < -0.3 is 20.1 Å². The number of nitrogens with zero attached hydrogens (tertiary/aromatic N) is 1. The average molecular weight is 361 g/mol. The number of benzene rings is 1. The van der Waals surface area contributed by atoms with Gasteiger partial charge in [-0.2, -0.15) is 20.5 Å². The molecule has 136 valence electrons. The lowest BCUT2D eigenvalue weighted by molar-refractivity contribution is -0.0514. The fraction of sp³-hybridized carbons (Fsp3) is 0.562. The number of aliphatic imine (C=N–C) groups is 1. The summed E-state index contributed by atoms with van der Waals surface area (Å²) in [6.07, 6.45) is 2.05. The van der Waals surface area contributed by atoms with E-state index in [2.05, 4.69) is 20.4 Å². The van der Waals surface area contributed by atoms with Crippen LogP contribution in [-0.2, 0) is 6.54 Å². The van der Waals surface area contributed by atoms with Crippen LogP contribution in [0.2, 0.25) is 0 Å². The predicted molar refractivity (Wildman–Crippen MR) is 95.4 cm³/mol. The number of rotatable bonds is 10. The van der Waals surface area contributed by atoms with Gasteiger partial charge in [0.2, 0.25) is 0 Å².